The average molecular weight is 611 g/mol. The molecular formula is C33H35FN8OS. The molecule has 4 aromatic heterocycles. The second-order valence-corrected chi connectivity index (χ2v) is 12.7. The number of hydrogen-bond donors (Lipinski definition) is 2. The quantitative estimate of drug-likeness (QED) is 0.229. The van der Waals surface area contributed by atoms with Crippen LogP contribution in [-0.4, -0.2) is 50.2 Å². The maximum Gasteiger partial charge on any atom is 0.262 e. The van der Waals surface area contributed by atoms with Crippen LogP contribution in [0.25, 0.3) is 22.3 Å². The zero-order valence-electron chi connectivity index (χ0n) is 24.7. The highest BCUT2D eigenvalue weighted by molar-refractivity contribution is 7.09. The number of benzene rings is 1. The lowest BCUT2D eigenvalue weighted by atomic mass is 9.85. The van der Waals surface area contributed by atoms with E-state index in [-0.39, 0.29) is 23.9 Å². The van der Waals surface area contributed by atoms with Crippen LogP contribution in [0.5, 0.6) is 0 Å². The normalized spacial score (nSPS) is 17.7. The van der Waals surface area contributed by atoms with E-state index in [0.29, 0.717) is 45.6 Å². The van der Waals surface area contributed by atoms with E-state index in [4.69, 9.17) is 9.97 Å². The summed E-state index contributed by atoms with van der Waals surface area (Å²) in [6, 6.07) is 11.3. The largest absolute Gasteiger partial charge is 0.366 e. The van der Waals surface area contributed by atoms with Gasteiger partial charge in [0, 0.05) is 60.7 Å². The lowest BCUT2D eigenvalue weighted by molar-refractivity contribution is 0.443. The third kappa shape index (κ3) is 5.94. The zero-order chi connectivity index (χ0) is 30.0. The monoisotopic (exact) mass is 610 g/mol. The van der Waals surface area contributed by atoms with E-state index >= 15 is 4.39 Å². The van der Waals surface area contributed by atoms with Crippen molar-refractivity contribution in [3.63, 3.8) is 0 Å². The molecule has 1 aliphatic carbocycles. The number of halogens is 1. The molecule has 5 heterocycles. The topological polar surface area (TPSA) is 101 Å². The van der Waals surface area contributed by atoms with Crippen molar-refractivity contribution < 1.29 is 4.39 Å². The summed E-state index contributed by atoms with van der Waals surface area (Å²) in [7, 11) is 0. The Morgan fingerprint density at radius 3 is 2.70 bits per heavy atom. The summed E-state index contributed by atoms with van der Waals surface area (Å²) in [5, 5.41) is 9.90. The minimum atomic E-state index is -0.308. The fourth-order valence-electron chi connectivity index (χ4n) is 6.38. The summed E-state index contributed by atoms with van der Waals surface area (Å²) in [4.78, 5) is 34.4. The van der Waals surface area contributed by atoms with Gasteiger partial charge in [-0.05, 0) is 61.6 Å². The number of rotatable bonds is 7. The highest BCUT2D eigenvalue weighted by Crippen LogP contribution is 2.33. The van der Waals surface area contributed by atoms with Crippen LogP contribution in [0, 0.1) is 5.82 Å². The highest BCUT2D eigenvalue weighted by Gasteiger charge is 2.21. The molecule has 0 amide bonds. The first-order chi connectivity index (χ1) is 21.5. The van der Waals surface area contributed by atoms with Crippen LogP contribution < -0.4 is 21.1 Å². The number of thiazole rings is 1. The summed E-state index contributed by atoms with van der Waals surface area (Å²) in [5.74, 6) is 0.505. The molecule has 1 unspecified atom stereocenters. The van der Waals surface area contributed by atoms with Crippen molar-refractivity contribution in [2.75, 3.05) is 29.9 Å². The van der Waals surface area contributed by atoms with Crippen LogP contribution in [0.4, 0.5) is 21.7 Å². The van der Waals surface area contributed by atoms with Crippen molar-refractivity contribution in [1.82, 2.24) is 29.8 Å². The van der Waals surface area contributed by atoms with Gasteiger partial charge in [-0.15, -0.1) is 11.3 Å². The number of hydrogen-bond acceptors (Lipinski definition) is 9. The van der Waals surface area contributed by atoms with Gasteiger partial charge in [-0.3, -0.25) is 14.3 Å². The van der Waals surface area contributed by atoms with Gasteiger partial charge in [-0.1, -0.05) is 25.3 Å². The predicted octanol–water partition coefficient (Wildman–Crippen LogP) is 6.09. The average Bonchev–Trinajstić information content (AvgIpc) is 3.56. The number of piperazine rings is 1. The third-order valence-corrected chi connectivity index (χ3v) is 9.42. The summed E-state index contributed by atoms with van der Waals surface area (Å²) in [6.07, 6.45) is 11.5. The number of fused-ring (bicyclic) bond motifs is 1. The minimum absolute atomic E-state index is 0.198. The van der Waals surface area contributed by atoms with Gasteiger partial charge < -0.3 is 15.5 Å². The molecule has 7 rings (SSSR count). The van der Waals surface area contributed by atoms with Crippen molar-refractivity contribution >= 4 is 39.7 Å². The maximum atomic E-state index is 15.2. The lowest BCUT2D eigenvalue weighted by Gasteiger charge is -2.33. The molecule has 9 nitrogen and oxygen atoms in total. The van der Waals surface area contributed by atoms with Gasteiger partial charge in [0.2, 0.25) is 5.95 Å². The van der Waals surface area contributed by atoms with Crippen LogP contribution in [0.3, 0.4) is 0 Å². The maximum absolute atomic E-state index is 15.2. The predicted molar refractivity (Wildman–Crippen MR) is 173 cm³/mol. The number of anilines is 3. The first kappa shape index (κ1) is 28.5. The van der Waals surface area contributed by atoms with Crippen LogP contribution in [0.1, 0.15) is 55.5 Å². The van der Waals surface area contributed by atoms with E-state index in [2.05, 4.69) is 38.5 Å². The Morgan fingerprint density at radius 1 is 1.07 bits per heavy atom. The van der Waals surface area contributed by atoms with Crippen molar-refractivity contribution in [2.24, 2.45) is 0 Å². The van der Waals surface area contributed by atoms with Gasteiger partial charge in [0.1, 0.15) is 16.5 Å². The molecule has 2 fully saturated rings. The van der Waals surface area contributed by atoms with E-state index in [1.165, 1.54) is 55.1 Å². The van der Waals surface area contributed by atoms with Gasteiger partial charge >= 0.3 is 0 Å². The van der Waals surface area contributed by atoms with Crippen molar-refractivity contribution in [3.05, 3.63) is 87.1 Å². The molecule has 1 atom stereocenters. The van der Waals surface area contributed by atoms with E-state index in [1.54, 1.807) is 23.0 Å². The molecule has 1 saturated carbocycles. The molecule has 1 aromatic carbocycles. The molecule has 0 bridgehead atoms. The molecule has 44 heavy (non-hydrogen) atoms. The number of nitrogens with one attached hydrogen (secondary N) is 2. The molecule has 5 aromatic rings. The van der Waals surface area contributed by atoms with Crippen LogP contribution in [0.15, 0.2) is 65.2 Å². The Hall–Kier alpha value is -4.22. The molecule has 2 N–H and O–H groups in total. The standard InChI is InChI=1S/C33H35FN8OS/c1-21-19-41(13-11-35-21)29-10-8-25(16-27(29)34)39-33-38-18-24-15-26(28-9-7-23(17-37-28)22-5-3-2-4-6-22)32(43)42(31(24)40-33)20-30-36-12-14-44-30/h7-10,12,14-18,21-22,35H,2-6,11,13,19-20H2,1H3,(H,38,39,40). The number of nitrogens with zero attached hydrogens (tertiary/aromatic N) is 6. The minimum Gasteiger partial charge on any atom is -0.366 e. The fourth-order valence-corrected chi connectivity index (χ4v) is 6.98. The van der Waals surface area contributed by atoms with Crippen LogP contribution in [0.2, 0.25) is 0 Å². The molecule has 1 saturated heterocycles. The lowest BCUT2D eigenvalue weighted by Crippen LogP contribution is -2.49. The van der Waals surface area contributed by atoms with Crippen molar-refractivity contribution in [1.29, 1.82) is 0 Å². The number of pyridine rings is 2. The van der Waals surface area contributed by atoms with E-state index in [1.807, 2.05) is 29.8 Å². The number of aromatic nitrogens is 5. The molecule has 226 valence electrons. The Balaban J connectivity index is 1.21. The highest BCUT2D eigenvalue weighted by atomic mass is 32.1. The summed E-state index contributed by atoms with van der Waals surface area (Å²) in [6.45, 7) is 4.68. The molecule has 1 aliphatic heterocycles. The second-order valence-electron chi connectivity index (χ2n) is 11.8. The van der Waals surface area contributed by atoms with Crippen LogP contribution >= 0.6 is 11.3 Å². The van der Waals surface area contributed by atoms with Crippen molar-refractivity contribution in [2.45, 2.75) is 57.5 Å². The first-order valence-electron chi connectivity index (χ1n) is 15.3. The first-order valence-corrected chi connectivity index (χ1v) is 16.2. The molecule has 0 spiro atoms. The summed E-state index contributed by atoms with van der Waals surface area (Å²) >= 11 is 1.48. The van der Waals surface area contributed by atoms with Crippen LogP contribution in [-0.2, 0) is 6.54 Å². The van der Waals surface area contributed by atoms with E-state index in [9.17, 15) is 4.79 Å². The van der Waals surface area contributed by atoms with Crippen molar-refractivity contribution in [3.8, 4) is 11.3 Å². The van der Waals surface area contributed by atoms with E-state index in [0.717, 1.165) is 24.6 Å². The van der Waals surface area contributed by atoms with Gasteiger partial charge in [0.25, 0.3) is 5.56 Å². The van der Waals surface area contributed by atoms with Gasteiger partial charge in [-0.2, -0.15) is 4.98 Å². The van der Waals surface area contributed by atoms with Gasteiger partial charge in [-0.25, -0.2) is 14.4 Å². The second kappa shape index (κ2) is 12.4. The summed E-state index contributed by atoms with van der Waals surface area (Å²) < 4.78 is 16.8. The SMILES string of the molecule is CC1CN(c2ccc(Nc3ncc4cc(-c5ccc(C6CCCCC6)cn5)c(=O)n(Cc5nccs5)c4n3)cc2F)CCN1. The fraction of sp³-hybridized carbons (Fsp3) is 0.364. The molecule has 0 radical (unpaired) electrons. The zero-order valence-corrected chi connectivity index (χ0v) is 25.5. The molecule has 2 aliphatic rings. The molecule has 11 heteroatoms. The Kier molecular flexibility index (Phi) is 8.05. The summed E-state index contributed by atoms with van der Waals surface area (Å²) in [5.41, 5.74) is 3.74. The Morgan fingerprint density at radius 2 is 1.95 bits per heavy atom. The third-order valence-electron chi connectivity index (χ3n) is 8.66. The van der Waals surface area contributed by atoms with Gasteiger partial charge in [0.15, 0.2) is 0 Å². The smallest absolute Gasteiger partial charge is 0.262 e. The van der Waals surface area contributed by atoms with Gasteiger partial charge in [0.05, 0.1) is 23.5 Å². The molecular weight excluding hydrogens is 575 g/mol. The Labute approximate surface area is 259 Å². The Bertz CT molecular complexity index is 1820. The van der Waals surface area contributed by atoms with E-state index < -0.39 is 0 Å².